The summed E-state index contributed by atoms with van der Waals surface area (Å²) in [6.45, 7) is 6.33. The van der Waals surface area contributed by atoms with Crippen LogP contribution in [0.3, 0.4) is 0 Å². The van der Waals surface area contributed by atoms with Crippen LogP contribution >= 0.6 is 0 Å². The number of morpholine rings is 1. The van der Waals surface area contributed by atoms with E-state index in [9.17, 15) is 4.79 Å². The van der Waals surface area contributed by atoms with Crippen molar-refractivity contribution < 1.29 is 9.53 Å². The van der Waals surface area contributed by atoms with Crippen LogP contribution in [0.2, 0.25) is 0 Å². The molecule has 0 aliphatic carbocycles. The quantitative estimate of drug-likeness (QED) is 0.657. The zero-order valence-corrected chi connectivity index (χ0v) is 17.3. The Morgan fingerprint density at radius 1 is 0.933 bits per heavy atom. The molecule has 2 atom stereocenters. The number of nitrogens with zero attached hydrogens (tertiary/aromatic N) is 3. The third-order valence-electron chi connectivity index (χ3n) is 5.71. The van der Waals surface area contributed by atoms with Crippen LogP contribution in [-0.2, 0) is 9.53 Å². The summed E-state index contributed by atoms with van der Waals surface area (Å²) < 4.78 is 5.84. The average Bonchev–Trinajstić information content (AvgIpc) is 2.99. The molecule has 1 saturated heterocycles. The number of ether oxygens (including phenoxy) is 1. The van der Waals surface area contributed by atoms with E-state index in [1.807, 2.05) is 59.5 Å². The van der Waals surface area contributed by atoms with Crippen molar-refractivity contribution in [3.05, 3.63) is 72.3 Å². The molecule has 3 aromatic carbocycles. The molecular formula is C25H25N3O2. The number of amides is 1. The van der Waals surface area contributed by atoms with E-state index in [-0.39, 0.29) is 18.1 Å². The highest BCUT2D eigenvalue weighted by Crippen LogP contribution is 2.32. The van der Waals surface area contributed by atoms with E-state index in [0.717, 1.165) is 40.8 Å². The predicted molar refractivity (Wildman–Crippen MR) is 121 cm³/mol. The van der Waals surface area contributed by atoms with Gasteiger partial charge in [-0.05, 0) is 42.8 Å². The monoisotopic (exact) mass is 399 g/mol. The maximum Gasteiger partial charge on any atom is 0.278 e. The Morgan fingerprint density at radius 3 is 2.43 bits per heavy atom. The Morgan fingerprint density at radius 2 is 1.63 bits per heavy atom. The zero-order valence-electron chi connectivity index (χ0n) is 17.3. The van der Waals surface area contributed by atoms with Crippen LogP contribution in [-0.4, -0.2) is 48.5 Å². The normalized spacial score (nSPS) is 23.3. The summed E-state index contributed by atoms with van der Waals surface area (Å²) in [6.07, 6.45) is 0.319. The Labute approximate surface area is 176 Å². The number of fused-ring (bicyclic) bond motifs is 2. The van der Waals surface area contributed by atoms with Gasteiger partial charge in [0.05, 0.1) is 30.3 Å². The van der Waals surface area contributed by atoms with Crippen LogP contribution in [0, 0.1) is 0 Å². The lowest BCUT2D eigenvalue weighted by molar-refractivity contribution is -0.113. The molecular weight excluding hydrogens is 374 g/mol. The molecule has 2 heterocycles. The second-order valence-electron chi connectivity index (χ2n) is 8.18. The van der Waals surface area contributed by atoms with Crippen LogP contribution in [0.1, 0.15) is 19.4 Å². The fourth-order valence-electron chi connectivity index (χ4n) is 4.49. The largest absolute Gasteiger partial charge is 0.373 e. The Kier molecular flexibility index (Phi) is 4.85. The van der Waals surface area contributed by atoms with Gasteiger partial charge in [0.1, 0.15) is 5.71 Å². The Balaban J connectivity index is 1.49. The number of hydrogen-bond donors (Lipinski definition) is 0. The first-order valence-corrected chi connectivity index (χ1v) is 10.4. The molecule has 1 amide bonds. The molecule has 0 unspecified atom stereocenters. The number of rotatable bonds is 3. The van der Waals surface area contributed by atoms with Crippen LogP contribution < -0.4 is 4.90 Å². The van der Waals surface area contributed by atoms with Gasteiger partial charge in [0.15, 0.2) is 0 Å². The molecule has 30 heavy (non-hydrogen) atoms. The highest BCUT2D eigenvalue weighted by atomic mass is 16.5. The summed E-state index contributed by atoms with van der Waals surface area (Å²) in [6, 6.07) is 22.2. The highest BCUT2D eigenvalue weighted by Gasteiger charge is 2.35. The molecule has 0 N–H and O–H groups in total. The molecule has 5 nitrogen and oxygen atoms in total. The molecule has 0 aromatic heterocycles. The van der Waals surface area contributed by atoms with Gasteiger partial charge in [-0.15, -0.1) is 0 Å². The second-order valence-corrected chi connectivity index (χ2v) is 8.18. The van der Waals surface area contributed by atoms with Crippen LogP contribution in [0.5, 0.6) is 0 Å². The van der Waals surface area contributed by atoms with Gasteiger partial charge in [-0.3, -0.25) is 14.6 Å². The molecule has 5 heteroatoms. The van der Waals surface area contributed by atoms with Crippen molar-refractivity contribution in [2.75, 3.05) is 24.7 Å². The van der Waals surface area contributed by atoms with Crippen molar-refractivity contribution in [1.82, 2.24) is 4.90 Å². The van der Waals surface area contributed by atoms with Crippen molar-refractivity contribution in [2.24, 2.45) is 4.99 Å². The van der Waals surface area contributed by atoms with Gasteiger partial charge < -0.3 is 4.74 Å². The summed E-state index contributed by atoms with van der Waals surface area (Å²) >= 11 is 0. The fraction of sp³-hybridized carbons (Fsp3) is 0.280. The van der Waals surface area contributed by atoms with Crippen molar-refractivity contribution in [2.45, 2.75) is 26.1 Å². The lowest BCUT2D eigenvalue weighted by Crippen LogP contribution is -2.50. The standard InChI is InChI=1S/C25H25N3O2/c1-17-14-27(15-18(2)30-17)16-28-23-10-6-5-9-22(23)24(25(28)29)26-21-12-11-19-7-3-4-8-20(19)13-21/h3-13,17-18H,14-16H2,1-2H3/t17-,18-/m0/s1. The smallest absolute Gasteiger partial charge is 0.278 e. The van der Waals surface area contributed by atoms with E-state index in [2.05, 4.69) is 30.9 Å². The first kappa shape index (κ1) is 19.0. The third-order valence-corrected chi connectivity index (χ3v) is 5.71. The van der Waals surface area contributed by atoms with Gasteiger partial charge in [-0.2, -0.15) is 0 Å². The van der Waals surface area contributed by atoms with Crippen LogP contribution in [0.4, 0.5) is 11.4 Å². The Bertz CT molecular complexity index is 1130. The minimum Gasteiger partial charge on any atom is -0.373 e. The average molecular weight is 399 g/mol. The molecule has 0 bridgehead atoms. The lowest BCUT2D eigenvalue weighted by Gasteiger charge is -2.37. The number of para-hydroxylation sites is 1. The lowest BCUT2D eigenvalue weighted by atomic mass is 10.1. The summed E-state index contributed by atoms with van der Waals surface area (Å²) in [7, 11) is 0. The predicted octanol–water partition coefficient (Wildman–Crippen LogP) is 4.37. The van der Waals surface area contributed by atoms with Gasteiger partial charge >= 0.3 is 0 Å². The second kappa shape index (κ2) is 7.67. The van der Waals surface area contributed by atoms with E-state index in [1.165, 1.54) is 0 Å². The van der Waals surface area contributed by atoms with E-state index in [4.69, 9.17) is 9.73 Å². The molecule has 2 aliphatic rings. The summed E-state index contributed by atoms with van der Waals surface area (Å²) in [5.74, 6) is -0.0452. The highest BCUT2D eigenvalue weighted by molar-refractivity contribution is 6.54. The van der Waals surface area contributed by atoms with E-state index in [0.29, 0.717) is 12.4 Å². The number of benzene rings is 3. The molecule has 5 rings (SSSR count). The van der Waals surface area contributed by atoms with Crippen molar-refractivity contribution in [3.63, 3.8) is 0 Å². The number of hydrogen-bond acceptors (Lipinski definition) is 4. The SMILES string of the molecule is C[C@H]1CN(CN2C(=O)C(=Nc3ccc4ccccc4c3)c3ccccc32)C[C@H](C)O1. The van der Waals surface area contributed by atoms with Gasteiger partial charge in [-0.25, -0.2) is 4.99 Å². The van der Waals surface area contributed by atoms with Crippen molar-refractivity contribution in [3.8, 4) is 0 Å². The molecule has 0 radical (unpaired) electrons. The number of anilines is 1. The summed E-state index contributed by atoms with van der Waals surface area (Å²) in [4.78, 5) is 22.3. The maximum atomic E-state index is 13.4. The Hall–Kier alpha value is -3.02. The van der Waals surface area contributed by atoms with E-state index >= 15 is 0 Å². The molecule has 3 aromatic rings. The van der Waals surface area contributed by atoms with Crippen LogP contribution in [0.15, 0.2) is 71.7 Å². The first-order valence-electron chi connectivity index (χ1n) is 10.4. The molecule has 0 saturated carbocycles. The molecule has 0 spiro atoms. The summed E-state index contributed by atoms with van der Waals surface area (Å²) in [5, 5.41) is 2.28. The van der Waals surface area contributed by atoms with Crippen molar-refractivity contribution >= 4 is 33.8 Å². The van der Waals surface area contributed by atoms with Gasteiger partial charge in [-0.1, -0.05) is 48.5 Å². The number of carbonyl (C=O) groups is 1. The topological polar surface area (TPSA) is 45.1 Å². The fourth-order valence-corrected chi connectivity index (χ4v) is 4.49. The molecule has 1 fully saturated rings. The molecule has 2 aliphatic heterocycles. The van der Waals surface area contributed by atoms with Crippen molar-refractivity contribution in [1.29, 1.82) is 0 Å². The van der Waals surface area contributed by atoms with Gasteiger partial charge in [0, 0.05) is 18.7 Å². The van der Waals surface area contributed by atoms with E-state index in [1.54, 1.807) is 0 Å². The first-order chi connectivity index (χ1) is 14.6. The van der Waals surface area contributed by atoms with Crippen LogP contribution in [0.25, 0.3) is 10.8 Å². The number of carbonyl (C=O) groups excluding carboxylic acids is 1. The van der Waals surface area contributed by atoms with E-state index < -0.39 is 0 Å². The van der Waals surface area contributed by atoms with Gasteiger partial charge in [0.25, 0.3) is 5.91 Å². The summed E-state index contributed by atoms with van der Waals surface area (Å²) in [5.41, 5.74) is 3.12. The number of aliphatic imine (C=N–C) groups is 1. The molecule has 152 valence electrons. The minimum absolute atomic E-state index is 0.0452. The maximum absolute atomic E-state index is 13.4. The van der Waals surface area contributed by atoms with Gasteiger partial charge in [0.2, 0.25) is 0 Å². The minimum atomic E-state index is -0.0452. The zero-order chi connectivity index (χ0) is 20.7. The third kappa shape index (κ3) is 3.51.